The van der Waals surface area contributed by atoms with E-state index in [0.717, 1.165) is 14.7 Å². The summed E-state index contributed by atoms with van der Waals surface area (Å²) in [5, 5.41) is 0. The average molecular weight is 614 g/mol. The van der Waals surface area contributed by atoms with Crippen LogP contribution in [0, 0.1) is 15.9 Å². The Balaban J connectivity index is 1.93. The number of nitrogens with zero attached hydrogens (tertiary/aromatic N) is 2. The topological polar surface area (TPSA) is 79.1 Å². The molecule has 7 nitrogen and oxygen atoms in total. The van der Waals surface area contributed by atoms with Crippen molar-refractivity contribution < 1.29 is 19.0 Å². The summed E-state index contributed by atoms with van der Waals surface area (Å²) in [5.41, 5.74) is 2.29. The maximum absolute atomic E-state index is 13.7. The number of methoxy groups -OCH3 is 2. The lowest BCUT2D eigenvalue weighted by Gasteiger charge is -2.25. The molecule has 0 saturated carbocycles. The standard InChI is InChI=1S/C27H23IN2O5S/c1-5-12-35-24-18(28)13-16(14-20(24)33-3)15-21-25(31)30-23(17-10-8-7-9-11-17)22(26(32)34-4)19(6-2)29-27(30)36-21/h1,7-11,13-15,23H,6,12H2,2-4H3/b21-15-/t23-/m1/s1. The third kappa shape index (κ3) is 4.83. The summed E-state index contributed by atoms with van der Waals surface area (Å²) in [6.45, 7) is 2.04. The van der Waals surface area contributed by atoms with E-state index in [-0.39, 0.29) is 12.2 Å². The van der Waals surface area contributed by atoms with E-state index >= 15 is 0 Å². The van der Waals surface area contributed by atoms with Gasteiger partial charge in [-0.25, -0.2) is 9.79 Å². The van der Waals surface area contributed by atoms with Gasteiger partial charge >= 0.3 is 5.97 Å². The van der Waals surface area contributed by atoms with E-state index in [2.05, 4.69) is 33.5 Å². The maximum atomic E-state index is 13.7. The van der Waals surface area contributed by atoms with E-state index in [4.69, 9.17) is 20.6 Å². The molecule has 9 heteroatoms. The first-order valence-electron chi connectivity index (χ1n) is 11.0. The highest BCUT2D eigenvalue weighted by atomic mass is 127. The Bertz CT molecular complexity index is 1560. The summed E-state index contributed by atoms with van der Waals surface area (Å²) >= 11 is 3.42. The van der Waals surface area contributed by atoms with Crippen LogP contribution in [0.2, 0.25) is 0 Å². The molecule has 3 aromatic rings. The van der Waals surface area contributed by atoms with Crippen molar-refractivity contribution in [3.63, 3.8) is 0 Å². The second-order valence-corrected chi connectivity index (χ2v) is 9.90. The minimum absolute atomic E-state index is 0.117. The molecule has 0 amide bonds. The number of aromatic nitrogens is 1. The molecule has 0 N–H and O–H groups in total. The van der Waals surface area contributed by atoms with Gasteiger partial charge in [-0.2, -0.15) is 0 Å². The van der Waals surface area contributed by atoms with E-state index < -0.39 is 12.0 Å². The molecule has 0 saturated heterocycles. The fourth-order valence-electron chi connectivity index (χ4n) is 4.04. The van der Waals surface area contributed by atoms with Crippen molar-refractivity contribution >= 4 is 46.0 Å². The number of terminal acetylenes is 1. The molecule has 0 fully saturated rings. The van der Waals surface area contributed by atoms with Crippen LogP contribution in [-0.4, -0.2) is 31.4 Å². The van der Waals surface area contributed by atoms with Crippen LogP contribution in [0.15, 0.2) is 63.5 Å². The Morgan fingerprint density at radius 2 is 2.03 bits per heavy atom. The van der Waals surface area contributed by atoms with Crippen molar-refractivity contribution in [2.45, 2.75) is 19.4 Å². The van der Waals surface area contributed by atoms with E-state index in [0.29, 0.717) is 38.5 Å². The molecule has 0 unspecified atom stereocenters. The van der Waals surface area contributed by atoms with Gasteiger partial charge in [0.25, 0.3) is 5.56 Å². The van der Waals surface area contributed by atoms with Gasteiger partial charge in [-0.3, -0.25) is 9.36 Å². The Morgan fingerprint density at radius 3 is 2.67 bits per heavy atom. The summed E-state index contributed by atoms with van der Waals surface area (Å²) in [5.74, 6) is 3.01. The molecule has 1 aliphatic rings. The summed E-state index contributed by atoms with van der Waals surface area (Å²) in [4.78, 5) is 31.8. The lowest BCUT2D eigenvalue weighted by atomic mass is 9.95. The molecule has 1 aliphatic heterocycles. The van der Waals surface area contributed by atoms with Crippen LogP contribution in [0.5, 0.6) is 11.5 Å². The highest BCUT2D eigenvalue weighted by Crippen LogP contribution is 2.34. The van der Waals surface area contributed by atoms with Crippen LogP contribution >= 0.6 is 33.9 Å². The minimum Gasteiger partial charge on any atom is -0.493 e. The van der Waals surface area contributed by atoms with Gasteiger partial charge in [0.1, 0.15) is 6.61 Å². The number of halogens is 1. The molecule has 0 bridgehead atoms. The number of fused-ring (bicyclic) bond motifs is 1. The maximum Gasteiger partial charge on any atom is 0.338 e. The zero-order valence-electron chi connectivity index (χ0n) is 19.9. The molecular formula is C27H23IN2O5S. The van der Waals surface area contributed by atoms with Crippen molar-refractivity contribution in [2.75, 3.05) is 20.8 Å². The molecule has 1 aromatic heterocycles. The van der Waals surface area contributed by atoms with Gasteiger partial charge in [0, 0.05) is 0 Å². The van der Waals surface area contributed by atoms with Crippen LogP contribution in [-0.2, 0) is 9.53 Å². The number of allylic oxidation sites excluding steroid dienone is 1. The van der Waals surface area contributed by atoms with Crippen molar-refractivity contribution in [3.05, 3.63) is 88.1 Å². The fourth-order valence-corrected chi connectivity index (χ4v) is 5.84. The first-order valence-corrected chi connectivity index (χ1v) is 12.9. The summed E-state index contributed by atoms with van der Waals surface area (Å²) in [6.07, 6.45) is 7.63. The number of rotatable bonds is 7. The molecule has 184 valence electrons. The van der Waals surface area contributed by atoms with Crippen LogP contribution in [0.4, 0.5) is 0 Å². The van der Waals surface area contributed by atoms with Gasteiger partial charge in [0.05, 0.1) is 39.6 Å². The molecule has 0 radical (unpaired) electrons. The largest absolute Gasteiger partial charge is 0.493 e. The zero-order valence-corrected chi connectivity index (χ0v) is 22.9. The third-order valence-electron chi connectivity index (χ3n) is 5.61. The number of benzene rings is 2. The van der Waals surface area contributed by atoms with E-state index in [9.17, 15) is 9.59 Å². The summed E-state index contributed by atoms with van der Waals surface area (Å²) < 4.78 is 19.1. The SMILES string of the molecule is C#CCOc1c(I)cc(/C=c2\sc3n(c2=O)[C@H](c2ccccc2)C(C(=O)OC)=C(CC)N=3)cc1OC. The third-order valence-corrected chi connectivity index (χ3v) is 7.40. The fraction of sp³-hybridized carbons (Fsp3) is 0.222. The van der Waals surface area contributed by atoms with Gasteiger partial charge in [-0.15, -0.1) is 6.42 Å². The highest BCUT2D eigenvalue weighted by molar-refractivity contribution is 14.1. The number of esters is 1. The van der Waals surface area contributed by atoms with E-state index in [1.54, 1.807) is 23.8 Å². The lowest BCUT2D eigenvalue weighted by Crippen LogP contribution is -2.40. The number of ether oxygens (including phenoxy) is 3. The first-order chi connectivity index (χ1) is 17.4. The predicted octanol–water partition coefficient (Wildman–Crippen LogP) is 3.42. The van der Waals surface area contributed by atoms with E-state index in [1.807, 2.05) is 43.3 Å². The van der Waals surface area contributed by atoms with Crippen LogP contribution < -0.4 is 24.4 Å². The van der Waals surface area contributed by atoms with Crippen LogP contribution in [0.25, 0.3) is 6.08 Å². The summed E-state index contributed by atoms with van der Waals surface area (Å²) in [7, 11) is 2.88. The molecule has 1 atom stereocenters. The Morgan fingerprint density at radius 1 is 1.28 bits per heavy atom. The van der Waals surface area contributed by atoms with Crippen LogP contribution in [0.3, 0.4) is 0 Å². The highest BCUT2D eigenvalue weighted by Gasteiger charge is 2.33. The van der Waals surface area contributed by atoms with Crippen LogP contribution in [0.1, 0.15) is 30.5 Å². The second-order valence-electron chi connectivity index (χ2n) is 7.73. The van der Waals surface area contributed by atoms with Gasteiger partial charge < -0.3 is 14.2 Å². The van der Waals surface area contributed by atoms with Gasteiger partial charge in [0.15, 0.2) is 16.3 Å². The number of hydrogen-bond donors (Lipinski definition) is 0. The molecule has 4 rings (SSSR count). The average Bonchev–Trinajstić information content (AvgIpc) is 3.20. The van der Waals surface area contributed by atoms with E-state index in [1.165, 1.54) is 18.4 Å². The van der Waals surface area contributed by atoms with Crippen molar-refractivity contribution in [1.82, 2.24) is 4.57 Å². The summed E-state index contributed by atoms with van der Waals surface area (Å²) in [6, 6.07) is 12.5. The smallest absolute Gasteiger partial charge is 0.338 e. The predicted molar refractivity (Wildman–Crippen MR) is 147 cm³/mol. The quantitative estimate of drug-likeness (QED) is 0.232. The second kappa shape index (κ2) is 11.1. The number of carbonyl (C=O) groups excluding carboxylic acids is 1. The van der Waals surface area contributed by atoms with Gasteiger partial charge in [-0.05, 0) is 58.3 Å². The monoisotopic (exact) mass is 614 g/mol. The Kier molecular flexibility index (Phi) is 7.96. The van der Waals surface area contributed by atoms with Crippen molar-refractivity contribution in [2.24, 2.45) is 4.99 Å². The van der Waals surface area contributed by atoms with Crippen molar-refractivity contribution in [1.29, 1.82) is 0 Å². The Labute approximate surface area is 225 Å². The first kappa shape index (κ1) is 25.7. The Hall–Kier alpha value is -3.36. The van der Waals surface area contributed by atoms with Gasteiger partial charge in [0.2, 0.25) is 0 Å². The molecule has 36 heavy (non-hydrogen) atoms. The van der Waals surface area contributed by atoms with Crippen molar-refractivity contribution in [3.8, 4) is 23.8 Å². The van der Waals surface area contributed by atoms with Gasteiger partial charge in [-0.1, -0.05) is 54.5 Å². The number of hydrogen-bond acceptors (Lipinski definition) is 7. The molecule has 2 aromatic carbocycles. The zero-order chi connectivity index (χ0) is 25.8. The molecular weight excluding hydrogens is 591 g/mol. The normalized spacial score (nSPS) is 15.1. The molecule has 0 aliphatic carbocycles. The lowest BCUT2D eigenvalue weighted by molar-refractivity contribution is -0.136. The number of thiazole rings is 1. The number of carbonyl (C=O) groups is 1. The minimum atomic E-state index is -0.638. The molecule has 0 spiro atoms. The molecule has 2 heterocycles.